The van der Waals surface area contributed by atoms with Gasteiger partial charge in [0.1, 0.15) is 5.75 Å². The Morgan fingerprint density at radius 3 is 2.56 bits per heavy atom. The van der Waals surface area contributed by atoms with Crippen LogP contribution in [0.3, 0.4) is 0 Å². The van der Waals surface area contributed by atoms with Crippen LogP contribution in [0.5, 0.6) is 5.75 Å². The third kappa shape index (κ3) is 2.99. The second-order valence-electron chi connectivity index (χ2n) is 3.46. The lowest BCUT2D eigenvalue weighted by molar-refractivity contribution is -0.150. The molecule has 0 aliphatic carbocycles. The van der Waals surface area contributed by atoms with Gasteiger partial charge in [0, 0.05) is 17.0 Å². The number of hydrogen-bond acceptors (Lipinski definition) is 5. The molecular formula is C11H12BrNO5. The van der Waals surface area contributed by atoms with Gasteiger partial charge in [0.15, 0.2) is 6.10 Å². The largest absolute Gasteiger partial charge is 0.506 e. The first-order valence-corrected chi connectivity index (χ1v) is 5.72. The van der Waals surface area contributed by atoms with Gasteiger partial charge in [0.2, 0.25) is 5.91 Å². The van der Waals surface area contributed by atoms with Gasteiger partial charge in [-0.05, 0) is 12.1 Å². The lowest BCUT2D eigenvalue weighted by Gasteiger charge is -2.17. The Hall–Kier alpha value is -1.60. The average molecular weight is 318 g/mol. The molecule has 0 spiro atoms. The molecule has 1 rings (SSSR count). The minimum atomic E-state index is -1.61. The standard InChI is InChI=1S/C11H12BrNO5/c1-5(14)13-9-7(15)4-3-6(12)8(9)10(16)11(17)18-2/h3-4,10,15-16H,1-2H3,(H,13,14). The Balaban J connectivity index is 3.35. The second kappa shape index (κ2) is 5.83. The molecule has 0 heterocycles. The molecule has 1 amide bonds. The van der Waals surface area contributed by atoms with E-state index in [0.29, 0.717) is 4.47 Å². The van der Waals surface area contributed by atoms with E-state index in [1.165, 1.54) is 19.1 Å². The number of aromatic hydroxyl groups is 1. The van der Waals surface area contributed by atoms with Gasteiger partial charge in [-0.3, -0.25) is 4.79 Å². The molecule has 1 atom stereocenters. The number of esters is 1. The summed E-state index contributed by atoms with van der Waals surface area (Å²) in [7, 11) is 1.13. The molecular weight excluding hydrogens is 306 g/mol. The highest BCUT2D eigenvalue weighted by molar-refractivity contribution is 9.10. The van der Waals surface area contributed by atoms with Gasteiger partial charge in [0.05, 0.1) is 12.8 Å². The molecule has 7 heteroatoms. The van der Waals surface area contributed by atoms with Crippen molar-refractivity contribution in [1.82, 2.24) is 0 Å². The fraction of sp³-hybridized carbons (Fsp3) is 0.273. The van der Waals surface area contributed by atoms with Crippen LogP contribution in [0.1, 0.15) is 18.6 Å². The predicted molar refractivity (Wildman–Crippen MR) is 67.1 cm³/mol. The normalized spacial score (nSPS) is 11.8. The van der Waals surface area contributed by atoms with E-state index in [0.717, 1.165) is 7.11 Å². The van der Waals surface area contributed by atoms with Crippen molar-refractivity contribution in [2.75, 3.05) is 12.4 Å². The summed E-state index contributed by atoms with van der Waals surface area (Å²) in [5.74, 6) is -1.60. The molecule has 0 aliphatic heterocycles. The van der Waals surface area contributed by atoms with Crippen LogP contribution in [-0.2, 0) is 14.3 Å². The average Bonchev–Trinajstić information content (AvgIpc) is 2.31. The summed E-state index contributed by atoms with van der Waals surface area (Å²) in [6.07, 6.45) is -1.61. The smallest absolute Gasteiger partial charge is 0.339 e. The summed E-state index contributed by atoms with van der Waals surface area (Å²) in [6, 6.07) is 2.77. The van der Waals surface area contributed by atoms with Crippen molar-refractivity contribution in [1.29, 1.82) is 0 Å². The van der Waals surface area contributed by atoms with Crippen molar-refractivity contribution in [3.05, 3.63) is 22.2 Å². The van der Waals surface area contributed by atoms with Crippen molar-refractivity contribution < 1.29 is 24.5 Å². The number of amides is 1. The minimum absolute atomic E-state index is 0.0326. The SMILES string of the molecule is COC(=O)C(O)c1c(Br)ccc(O)c1NC(C)=O. The summed E-state index contributed by atoms with van der Waals surface area (Å²) >= 11 is 3.14. The van der Waals surface area contributed by atoms with Crippen molar-refractivity contribution in [3.8, 4) is 5.75 Å². The highest BCUT2D eigenvalue weighted by Gasteiger charge is 2.26. The van der Waals surface area contributed by atoms with E-state index in [1.54, 1.807) is 0 Å². The molecule has 98 valence electrons. The number of rotatable bonds is 3. The molecule has 0 saturated carbocycles. The van der Waals surface area contributed by atoms with E-state index in [4.69, 9.17) is 0 Å². The number of anilines is 1. The van der Waals surface area contributed by atoms with Crippen LogP contribution in [0.25, 0.3) is 0 Å². The molecule has 0 fully saturated rings. The van der Waals surface area contributed by atoms with Crippen LogP contribution in [0.15, 0.2) is 16.6 Å². The lowest BCUT2D eigenvalue weighted by atomic mass is 10.1. The number of nitrogens with one attached hydrogen (secondary N) is 1. The van der Waals surface area contributed by atoms with Gasteiger partial charge in [0.25, 0.3) is 0 Å². The van der Waals surface area contributed by atoms with Gasteiger partial charge >= 0.3 is 5.97 Å². The van der Waals surface area contributed by atoms with Gasteiger partial charge in [-0.15, -0.1) is 0 Å². The Labute approximate surface area is 112 Å². The van der Waals surface area contributed by atoms with E-state index < -0.39 is 18.0 Å². The maximum atomic E-state index is 11.3. The Kier molecular flexibility index (Phi) is 4.69. The summed E-state index contributed by atoms with van der Waals surface area (Å²) in [5, 5.41) is 21.8. The Morgan fingerprint density at radius 1 is 1.44 bits per heavy atom. The fourth-order valence-corrected chi connectivity index (χ4v) is 1.93. The summed E-state index contributed by atoms with van der Waals surface area (Å²) in [6.45, 7) is 1.24. The first-order chi connectivity index (χ1) is 8.38. The number of hydrogen-bond donors (Lipinski definition) is 3. The first-order valence-electron chi connectivity index (χ1n) is 4.93. The number of ether oxygens (including phenoxy) is 1. The highest BCUT2D eigenvalue weighted by atomic mass is 79.9. The van der Waals surface area contributed by atoms with Gasteiger partial charge < -0.3 is 20.3 Å². The van der Waals surface area contributed by atoms with E-state index in [1.807, 2.05) is 0 Å². The fourth-order valence-electron chi connectivity index (χ4n) is 1.39. The van der Waals surface area contributed by atoms with Crippen LogP contribution in [0.4, 0.5) is 5.69 Å². The van der Waals surface area contributed by atoms with Crippen LogP contribution >= 0.6 is 15.9 Å². The molecule has 18 heavy (non-hydrogen) atoms. The predicted octanol–water partition coefficient (Wildman–Crippen LogP) is 1.32. The monoisotopic (exact) mass is 317 g/mol. The lowest BCUT2D eigenvalue weighted by Crippen LogP contribution is -2.17. The number of methoxy groups -OCH3 is 1. The zero-order valence-electron chi connectivity index (χ0n) is 9.73. The van der Waals surface area contributed by atoms with Crippen molar-refractivity contribution in [3.63, 3.8) is 0 Å². The molecule has 0 aromatic heterocycles. The van der Waals surface area contributed by atoms with E-state index in [9.17, 15) is 19.8 Å². The Bertz CT molecular complexity index is 489. The third-order valence-corrected chi connectivity index (χ3v) is 2.86. The van der Waals surface area contributed by atoms with Crippen molar-refractivity contribution in [2.45, 2.75) is 13.0 Å². The molecule has 0 radical (unpaired) electrons. The molecule has 6 nitrogen and oxygen atoms in total. The van der Waals surface area contributed by atoms with Crippen LogP contribution in [0.2, 0.25) is 0 Å². The van der Waals surface area contributed by atoms with Crippen LogP contribution < -0.4 is 5.32 Å². The van der Waals surface area contributed by atoms with Crippen LogP contribution in [0, 0.1) is 0 Å². The number of phenols is 1. The molecule has 1 aromatic rings. The number of aliphatic hydroxyl groups excluding tert-OH is 1. The summed E-state index contributed by atoms with van der Waals surface area (Å²) in [4.78, 5) is 22.4. The third-order valence-electron chi connectivity index (χ3n) is 2.17. The maximum Gasteiger partial charge on any atom is 0.339 e. The second-order valence-corrected chi connectivity index (χ2v) is 4.32. The number of phenolic OH excluding ortho intramolecular Hbond substituents is 1. The Morgan fingerprint density at radius 2 is 2.06 bits per heavy atom. The summed E-state index contributed by atoms with van der Waals surface area (Å²) < 4.78 is 4.78. The highest BCUT2D eigenvalue weighted by Crippen LogP contribution is 2.37. The van der Waals surface area contributed by atoms with Crippen molar-refractivity contribution in [2.24, 2.45) is 0 Å². The van der Waals surface area contributed by atoms with E-state index >= 15 is 0 Å². The zero-order chi connectivity index (χ0) is 13.9. The number of aliphatic hydroxyl groups is 1. The zero-order valence-corrected chi connectivity index (χ0v) is 11.3. The number of halogens is 1. The quantitative estimate of drug-likeness (QED) is 0.577. The maximum absolute atomic E-state index is 11.3. The first kappa shape index (κ1) is 14.5. The van der Waals surface area contributed by atoms with Gasteiger partial charge in [-0.1, -0.05) is 15.9 Å². The number of benzene rings is 1. The minimum Gasteiger partial charge on any atom is -0.506 e. The number of carbonyl (C=O) groups excluding carboxylic acids is 2. The van der Waals surface area contributed by atoms with Gasteiger partial charge in [-0.25, -0.2) is 4.79 Å². The number of carbonyl (C=O) groups is 2. The molecule has 1 aromatic carbocycles. The van der Waals surface area contributed by atoms with Crippen LogP contribution in [-0.4, -0.2) is 29.2 Å². The van der Waals surface area contributed by atoms with Gasteiger partial charge in [-0.2, -0.15) is 0 Å². The molecule has 3 N–H and O–H groups in total. The molecule has 0 bridgehead atoms. The van der Waals surface area contributed by atoms with E-state index in [-0.39, 0.29) is 17.0 Å². The van der Waals surface area contributed by atoms with E-state index in [2.05, 4.69) is 26.0 Å². The summed E-state index contributed by atoms with van der Waals surface area (Å²) in [5.41, 5.74) is 0.00632. The molecule has 1 unspecified atom stereocenters. The molecule has 0 aliphatic rings. The molecule has 0 saturated heterocycles. The van der Waals surface area contributed by atoms with Crippen molar-refractivity contribution >= 4 is 33.5 Å². The topological polar surface area (TPSA) is 95.9 Å².